The van der Waals surface area contributed by atoms with Crippen LogP contribution in [0, 0.1) is 5.92 Å². The van der Waals surface area contributed by atoms with Gasteiger partial charge in [0.25, 0.3) is 0 Å². The second-order valence-corrected chi connectivity index (χ2v) is 14.5. The van der Waals surface area contributed by atoms with Crippen molar-refractivity contribution in [2.24, 2.45) is 5.92 Å². The van der Waals surface area contributed by atoms with E-state index in [0.717, 1.165) is 30.5 Å². The van der Waals surface area contributed by atoms with Gasteiger partial charge in [-0.15, -0.1) is 0 Å². The van der Waals surface area contributed by atoms with Crippen LogP contribution in [0.1, 0.15) is 61.3 Å². The smallest absolute Gasteiger partial charge is 0.245 e. The van der Waals surface area contributed by atoms with E-state index in [2.05, 4.69) is 32.4 Å². The van der Waals surface area contributed by atoms with Gasteiger partial charge in [-0.25, -0.2) is 13.1 Å². The van der Waals surface area contributed by atoms with Crippen LogP contribution in [0.3, 0.4) is 0 Å². The molecule has 2 amide bonds. The first kappa shape index (κ1) is 31.9. The third-order valence-corrected chi connectivity index (χ3v) is 10.1. The van der Waals surface area contributed by atoms with E-state index in [1.807, 2.05) is 29.2 Å². The third-order valence-electron chi connectivity index (χ3n) is 9.19. The Balaban J connectivity index is 1.24. The van der Waals surface area contributed by atoms with Crippen molar-refractivity contribution in [1.29, 1.82) is 0 Å². The normalized spacial score (nSPS) is 21.3. The fraction of sp³-hybridized carbons (Fsp3) is 0.562. The molecule has 3 aliphatic rings. The average Bonchev–Trinajstić information content (AvgIpc) is 3.40. The highest BCUT2D eigenvalue weighted by atomic mass is 35.5. The molecule has 3 atom stereocenters. The SMILES string of the molecule is CS(=O)(=O)NCC(C1CCCCC1)N1CCN(C(=O)C(Cc2ccc(Cl)cc2)NC(=O)CC2NCc3ccccc32)CC1. The van der Waals surface area contributed by atoms with Gasteiger partial charge < -0.3 is 15.5 Å². The molecule has 43 heavy (non-hydrogen) atoms. The molecule has 1 aliphatic carbocycles. The fourth-order valence-corrected chi connectivity index (χ4v) is 7.50. The summed E-state index contributed by atoms with van der Waals surface area (Å²) in [6, 6.07) is 14.8. The predicted molar refractivity (Wildman–Crippen MR) is 169 cm³/mol. The van der Waals surface area contributed by atoms with Crippen molar-refractivity contribution in [1.82, 2.24) is 25.2 Å². The number of hydrogen-bond donors (Lipinski definition) is 3. The molecule has 0 spiro atoms. The molecule has 9 nitrogen and oxygen atoms in total. The summed E-state index contributed by atoms with van der Waals surface area (Å²) >= 11 is 6.10. The van der Waals surface area contributed by atoms with E-state index in [1.54, 1.807) is 12.1 Å². The van der Waals surface area contributed by atoms with Crippen LogP contribution in [0.15, 0.2) is 48.5 Å². The van der Waals surface area contributed by atoms with E-state index in [0.29, 0.717) is 50.1 Å². The number of fused-ring (bicyclic) bond motifs is 1. The minimum atomic E-state index is -3.30. The predicted octanol–water partition coefficient (Wildman–Crippen LogP) is 3.24. The van der Waals surface area contributed by atoms with Crippen LogP contribution in [-0.4, -0.2) is 81.1 Å². The van der Waals surface area contributed by atoms with Gasteiger partial charge in [0.15, 0.2) is 0 Å². The molecule has 1 saturated carbocycles. The number of halogens is 1. The van der Waals surface area contributed by atoms with Gasteiger partial charge in [0.2, 0.25) is 21.8 Å². The maximum Gasteiger partial charge on any atom is 0.245 e. The third kappa shape index (κ3) is 8.79. The van der Waals surface area contributed by atoms with E-state index in [-0.39, 0.29) is 30.3 Å². The van der Waals surface area contributed by atoms with Gasteiger partial charge in [-0.2, -0.15) is 0 Å². The average molecular weight is 630 g/mol. The van der Waals surface area contributed by atoms with Crippen LogP contribution < -0.4 is 15.4 Å². The Morgan fingerprint density at radius 3 is 2.40 bits per heavy atom. The van der Waals surface area contributed by atoms with Crippen molar-refractivity contribution in [3.05, 3.63) is 70.2 Å². The Kier molecular flexibility index (Phi) is 10.8. The number of carbonyl (C=O) groups excluding carboxylic acids is 2. The zero-order valence-corrected chi connectivity index (χ0v) is 26.5. The highest BCUT2D eigenvalue weighted by molar-refractivity contribution is 7.88. The quantitative estimate of drug-likeness (QED) is 0.352. The number of amides is 2. The van der Waals surface area contributed by atoms with Gasteiger partial charge in [0.1, 0.15) is 6.04 Å². The number of hydrogen-bond acceptors (Lipinski definition) is 6. The summed E-state index contributed by atoms with van der Waals surface area (Å²) in [5, 5.41) is 7.10. The van der Waals surface area contributed by atoms with E-state index in [1.165, 1.54) is 31.1 Å². The Morgan fingerprint density at radius 1 is 1.00 bits per heavy atom. The lowest BCUT2D eigenvalue weighted by Gasteiger charge is -2.44. The minimum Gasteiger partial charge on any atom is -0.344 e. The lowest BCUT2D eigenvalue weighted by molar-refractivity contribution is -0.138. The van der Waals surface area contributed by atoms with Gasteiger partial charge in [-0.1, -0.05) is 67.3 Å². The lowest BCUT2D eigenvalue weighted by atomic mass is 9.83. The molecule has 2 aromatic carbocycles. The molecule has 3 unspecified atom stereocenters. The summed E-state index contributed by atoms with van der Waals surface area (Å²) in [6.45, 7) is 3.53. The minimum absolute atomic E-state index is 0.0803. The summed E-state index contributed by atoms with van der Waals surface area (Å²) < 4.78 is 26.6. The van der Waals surface area contributed by atoms with Gasteiger partial charge in [-0.05, 0) is 47.6 Å². The first-order valence-corrected chi connectivity index (χ1v) is 17.8. The molecule has 0 bridgehead atoms. The Labute approximate surface area is 260 Å². The van der Waals surface area contributed by atoms with E-state index in [9.17, 15) is 18.0 Å². The molecule has 11 heteroatoms. The zero-order valence-electron chi connectivity index (χ0n) is 24.9. The molecule has 0 aromatic heterocycles. The summed E-state index contributed by atoms with van der Waals surface area (Å²) in [4.78, 5) is 31.5. The molecular weight excluding hydrogens is 586 g/mol. The van der Waals surface area contributed by atoms with Crippen molar-refractivity contribution in [2.45, 2.75) is 69.6 Å². The standard InChI is InChI=1S/C32H44ClN5O4S/c1-43(41,42)35-22-30(24-7-3-2-4-8-24)37-15-17-38(18-16-37)32(40)29(19-23-11-13-26(33)14-12-23)36-31(39)20-28-27-10-6-5-9-25(27)21-34-28/h5-6,9-14,24,28-30,34-35H,2-4,7-8,15-22H2,1H3,(H,36,39). The Bertz CT molecular complexity index is 1360. The molecule has 2 fully saturated rings. The van der Waals surface area contributed by atoms with E-state index in [4.69, 9.17) is 11.6 Å². The summed E-state index contributed by atoms with van der Waals surface area (Å²) in [6.07, 6.45) is 7.62. The van der Waals surface area contributed by atoms with Crippen molar-refractivity contribution in [3.63, 3.8) is 0 Å². The van der Waals surface area contributed by atoms with Gasteiger partial charge in [-0.3, -0.25) is 14.5 Å². The largest absolute Gasteiger partial charge is 0.344 e. The zero-order chi connectivity index (χ0) is 30.4. The molecule has 2 aromatic rings. The molecule has 5 rings (SSSR count). The van der Waals surface area contributed by atoms with Crippen LogP contribution >= 0.6 is 11.6 Å². The Morgan fingerprint density at radius 2 is 1.70 bits per heavy atom. The van der Waals surface area contributed by atoms with Crippen molar-refractivity contribution in [3.8, 4) is 0 Å². The number of carbonyl (C=O) groups is 2. The highest BCUT2D eigenvalue weighted by Gasteiger charge is 2.35. The second-order valence-electron chi connectivity index (χ2n) is 12.2. The maximum absolute atomic E-state index is 13.9. The van der Waals surface area contributed by atoms with Crippen molar-refractivity contribution >= 4 is 33.4 Å². The monoisotopic (exact) mass is 629 g/mol. The van der Waals surface area contributed by atoms with Gasteiger partial charge >= 0.3 is 0 Å². The molecular formula is C32H44ClN5O4S. The maximum atomic E-state index is 13.9. The molecule has 2 aliphatic heterocycles. The molecule has 0 radical (unpaired) electrons. The summed E-state index contributed by atoms with van der Waals surface area (Å²) in [5.74, 6) is 0.187. The molecule has 2 heterocycles. The second kappa shape index (κ2) is 14.5. The summed E-state index contributed by atoms with van der Waals surface area (Å²) in [5.41, 5.74) is 3.26. The first-order valence-electron chi connectivity index (χ1n) is 15.5. The number of benzene rings is 2. The molecule has 234 valence electrons. The number of piperazine rings is 1. The van der Waals surface area contributed by atoms with E-state index >= 15 is 0 Å². The van der Waals surface area contributed by atoms with Crippen LogP contribution in [0.25, 0.3) is 0 Å². The molecule has 1 saturated heterocycles. The highest BCUT2D eigenvalue weighted by Crippen LogP contribution is 2.30. The fourth-order valence-electron chi connectivity index (χ4n) is 6.90. The van der Waals surface area contributed by atoms with Crippen molar-refractivity contribution in [2.75, 3.05) is 39.0 Å². The van der Waals surface area contributed by atoms with Crippen molar-refractivity contribution < 1.29 is 18.0 Å². The van der Waals surface area contributed by atoms with Crippen LogP contribution in [0.4, 0.5) is 0 Å². The Hall–Kier alpha value is -2.50. The van der Waals surface area contributed by atoms with Gasteiger partial charge in [0.05, 0.1) is 6.26 Å². The van der Waals surface area contributed by atoms with Crippen LogP contribution in [0.5, 0.6) is 0 Å². The number of rotatable bonds is 11. The first-order chi connectivity index (χ1) is 20.7. The topological polar surface area (TPSA) is 111 Å². The number of nitrogens with one attached hydrogen (secondary N) is 3. The number of sulfonamides is 1. The lowest BCUT2D eigenvalue weighted by Crippen LogP contribution is -2.59. The van der Waals surface area contributed by atoms with E-state index < -0.39 is 16.1 Å². The van der Waals surface area contributed by atoms with Gasteiger partial charge in [0, 0.05) is 69.2 Å². The molecule has 3 N–H and O–H groups in total. The van der Waals surface area contributed by atoms with Crippen LogP contribution in [0.2, 0.25) is 5.02 Å². The number of nitrogens with zero attached hydrogens (tertiary/aromatic N) is 2. The summed E-state index contributed by atoms with van der Waals surface area (Å²) in [7, 11) is -3.30. The van der Waals surface area contributed by atoms with Crippen LogP contribution in [-0.2, 0) is 32.6 Å².